The van der Waals surface area contributed by atoms with Gasteiger partial charge in [-0.15, -0.1) is 47.2 Å². The van der Waals surface area contributed by atoms with Crippen LogP contribution in [-0.2, 0) is 93.7 Å². The number of carboxylic acid groups (broad SMARTS) is 3. The standard InChI is InChI=1S/C32H38F3N3O6S.C32H38F3N3O5S.C32H39F2N3O6S/c1-31(2,3)44-29(40)36-26(16-9-10-18-37(30(41)42)20-23-12-5-4-6-13-23)28(39)38(22-25-15-11-19-45-25)21-24-14-7-8-17-27(24)43-32(33,34)35;1-31(2,3)43-29(40)36-27(17-9-10-18-37(30(41)42)20-23-12-5-4-6-13-23)28(39)38(22-25-15-11-19-44-25)21-24-14-7-8-16-26(24)32(33,34)35;1-32(2,3)43-30(39)35-26(16-9-10-18-36(31(40)41)20-23-12-5-4-6-13-23)28(38)37(22-25-15-11-19-44-25)21-24-14-7-8-17-27(24)42-29(33)34/h4-8,11-15,17,19,26H,9-10,16,18,20-22H2,1-3H3,(H,36,40)(H,41,42);4-8,11-16,19,27H,9-10,17-18,20-22H2,1-3H3,(H,36,40)(H,41,42);4-8,11-15,17,19,26,29H,9-10,16,18,20-22H2,1-3H3,(H,35,39)(H,40,41)/t26-;27-;26-/m000/s1. The number of ether oxygens (including phenoxy) is 5. The average Bonchev–Trinajstić information content (AvgIpc) is 1.52. The molecule has 0 unspecified atom stereocenters. The SMILES string of the molecule is CC(C)(C)OC(=O)N[C@@H](CCCCN(Cc1ccccc1)C(=O)O)C(=O)N(Cc1cccs1)Cc1ccccc1C(F)(F)F.CC(C)(C)OC(=O)N[C@@H](CCCCN(Cc1ccccc1)C(=O)O)C(=O)N(Cc1cccs1)Cc1ccccc1OC(F)(F)F.CC(C)(C)OC(=O)N[C@@H](CCCCN(Cc1ccccc1)C(=O)O)C(=O)N(Cc1cccs1)Cc1ccccc1OC(F)F. The zero-order valence-electron chi connectivity index (χ0n) is 75.4. The highest BCUT2D eigenvalue weighted by molar-refractivity contribution is 7.10. The Kier molecular flexibility index (Phi) is 42.6. The van der Waals surface area contributed by atoms with E-state index in [0.717, 1.165) is 37.4 Å². The fourth-order valence-electron chi connectivity index (χ4n) is 13.5. The lowest BCUT2D eigenvalue weighted by atomic mass is 10.0. The number of nitrogens with one attached hydrogen (secondary N) is 3. The molecule has 0 radical (unpaired) electrons. The summed E-state index contributed by atoms with van der Waals surface area (Å²) < 4.78 is 132. The van der Waals surface area contributed by atoms with Crippen LogP contribution in [0, 0.1) is 0 Å². The van der Waals surface area contributed by atoms with E-state index in [1.54, 1.807) is 111 Å². The molecule has 0 saturated heterocycles. The van der Waals surface area contributed by atoms with Crippen LogP contribution in [0.15, 0.2) is 216 Å². The molecule has 9 rings (SSSR count). The van der Waals surface area contributed by atoms with Crippen LogP contribution in [0.5, 0.6) is 11.5 Å². The van der Waals surface area contributed by atoms with E-state index >= 15 is 0 Å². The fraction of sp³-hybridized carbons (Fsp3) is 0.406. The van der Waals surface area contributed by atoms with Crippen molar-refractivity contribution in [2.75, 3.05) is 19.6 Å². The molecule has 9 aromatic rings. The topological polar surface area (TPSA) is 316 Å². The number of amides is 9. The highest BCUT2D eigenvalue weighted by Crippen LogP contribution is 2.35. The minimum absolute atomic E-state index is 0.0407. The lowest BCUT2D eigenvalue weighted by molar-refractivity contribution is -0.275. The summed E-state index contributed by atoms with van der Waals surface area (Å²) in [7, 11) is 0. The normalized spacial score (nSPS) is 12.2. The fourth-order valence-corrected chi connectivity index (χ4v) is 15.7. The molecule has 720 valence electrons. The van der Waals surface area contributed by atoms with Crippen molar-refractivity contribution in [3.63, 3.8) is 0 Å². The first kappa shape index (κ1) is 108. The van der Waals surface area contributed by atoms with Gasteiger partial charge in [0.25, 0.3) is 0 Å². The second-order valence-electron chi connectivity index (χ2n) is 33.8. The Bertz CT molecular complexity index is 5070. The minimum atomic E-state index is -4.93. The molecule has 0 bridgehead atoms. The van der Waals surface area contributed by atoms with Crippen LogP contribution in [0.25, 0.3) is 0 Å². The van der Waals surface area contributed by atoms with Crippen molar-refractivity contribution in [3.8, 4) is 11.5 Å². The second-order valence-corrected chi connectivity index (χ2v) is 36.9. The molecule has 6 N–H and O–H groups in total. The Hall–Kier alpha value is -12.5. The van der Waals surface area contributed by atoms with Gasteiger partial charge in [0.05, 0.1) is 25.2 Å². The third-order valence-corrected chi connectivity index (χ3v) is 22.0. The largest absolute Gasteiger partial charge is 0.573 e. The summed E-state index contributed by atoms with van der Waals surface area (Å²) >= 11 is 4.18. The molecule has 133 heavy (non-hydrogen) atoms. The molecule has 0 spiro atoms. The van der Waals surface area contributed by atoms with Gasteiger partial charge in [0.15, 0.2) is 0 Å². The Morgan fingerprint density at radius 2 is 0.624 bits per heavy atom. The van der Waals surface area contributed by atoms with Crippen molar-refractivity contribution in [3.05, 3.63) is 270 Å². The number of rotatable bonds is 42. The van der Waals surface area contributed by atoms with Crippen LogP contribution in [0.4, 0.5) is 63.9 Å². The van der Waals surface area contributed by atoms with Crippen molar-refractivity contribution in [1.82, 2.24) is 45.3 Å². The first-order valence-electron chi connectivity index (χ1n) is 42.8. The van der Waals surface area contributed by atoms with Crippen molar-refractivity contribution in [2.45, 2.75) is 233 Å². The van der Waals surface area contributed by atoms with Crippen LogP contribution < -0.4 is 25.4 Å². The third kappa shape index (κ3) is 41.0. The number of benzene rings is 6. The Morgan fingerprint density at radius 1 is 0.338 bits per heavy atom. The number of para-hydroxylation sites is 2. The Labute approximate surface area is 780 Å². The van der Waals surface area contributed by atoms with Crippen LogP contribution in [-0.4, -0.2) is 167 Å². The molecule has 3 heterocycles. The summed E-state index contributed by atoms with van der Waals surface area (Å²) in [6, 6.07) is 52.1. The number of carbonyl (C=O) groups excluding carboxylic acids is 6. The monoisotopic (exact) mass is 1910 g/mol. The van der Waals surface area contributed by atoms with Gasteiger partial charge in [-0.3, -0.25) is 14.4 Å². The minimum Gasteiger partial charge on any atom is -0.465 e. The predicted octanol–water partition coefficient (Wildman–Crippen LogP) is 22.1. The molecule has 0 saturated carbocycles. The van der Waals surface area contributed by atoms with Crippen LogP contribution in [0.2, 0.25) is 0 Å². The van der Waals surface area contributed by atoms with Gasteiger partial charge in [-0.25, -0.2) is 28.8 Å². The lowest BCUT2D eigenvalue weighted by Crippen LogP contribution is -2.49. The first-order valence-corrected chi connectivity index (χ1v) is 45.5. The number of carbonyl (C=O) groups is 9. The van der Waals surface area contributed by atoms with E-state index in [1.807, 2.05) is 119 Å². The van der Waals surface area contributed by atoms with Gasteiger partial charge in [-0.1, -0.05) is 164 Å². The van der Waals surface area contributed by atoms with E-state index in [9.17, 15) is 93.6 Å². The van der Waals surface area contributed by atoms with Crippen molar-refractivity contribution in [2.24, 2.45) is 0 Å². The molecular weight excluding hydrogens is 1800 g/mol. The summed E-state index contributed by atoms with van der Waals surface area (Å²) in [6.45, 7) is 13.1. The highest BCUT2D eigenvalue weighted by Gasteiger charge is 2.38. The molecule has 0 aliphatic rings. The van der Waals surface area contributed by atoms with Crippen molar-refractivity contribution in [1.29, 1.82) is 0 Å². The van der Waals surface area contributed by atoms with Crippen LogP contribution in [0.3, 0.4) is 0 Å². The van der Waals surface area contributed by atoms with Gasteiger partial charge < -0.3 is 84.4 Å². The van der Waals surface area contributed by atoms with Gasteiger partial charge >= 0.3 is 55.7 Å². The molecule has 37 heteroatoms. The average molecular weight is 1920 g/mol. The van der Waals surface area contributed by atoms with E-state index < -0.39 is 120 Å². The van der Waals surface area contributed by atoms with E-state index in [2.05, 4.69) is 20.7 Å². The van der Waals surface area contributed by atoms with Gasteiger partial charge in [0.1, 0.15) is 46.4 Å². The summed E-state index contributed by atoms with van der Waals surface area (Å²) in [5.74, 6) is -2.01. The summed E-state index contributed by atoms with van der Waals surface area (Å²) in [6.07, 6.45) is -12.4. The summed E-state index contributed by atoms with van der Waals surface area (Å²) in [5.41, 5.74) is -0.376. The van der Waals surface area contributed by atoms with Crippen LogP contribution >= 0.6 is 34.0 Å². The van der Waals surface area contributed by atoms with Gasteiger partial charge in [0.2, 0.25) is 17.7 Å². The molecule has 9 amide bonds. The quantitative estimate of drug-likeness (QED) is 0.0118. The zero-order valence-corrected chi connectivity index (χ0v) is 77.9. The second kappa shape index (κ2) is 52.7. The summed E-state index contributed by atoms with van der Waals surface area (Å²) in [5, 5.41) is 42.5. The number of alkyl carbamates (subject to hydrolysis) is 3. The highest BCUT2D eigenvalue weighted by atomic mass is 32.1. The zero-order chi connectivity index (χ0) is 97.5. The smallest absolute Gasteiger partial charge is 0.465 e. The van der Waals surface area contributed by atoms with Gasteiger partial charge in [0, 0.05) is 84.7 Å². The van der Waals surface area contributed by atoms with E-state index in [0.29, 0.717) is 44.1 Å². The lowest BCUT2D eigenvalue weighted by Gasteiger charge is -2.30. The number of alkyl halides is 8. The molecule has 26 nitrogen and oxygen atoms in total. The number of unbranched alkanes of at least 4 members (excludes halogenated alkanes) is 3. The molecule has 3 atom stereocenters. The number of hydrogen-bond donors (Lipinski definition) is 6. The maximum atomic E-state index is 14.1. The molecule has 3 aromatic heterocycles. The Morgan fingerprint density at radius 3 is 0.910 bits per heavy atom. The molecule has 0 aliphatic heterocycles. The molecule has 6 aromatic carbocycles. The first-order chi connectivity index (χ1) is 62.8. The Balaban J connectivity index is 0.000000272. The van der Waals surface area contributed by atoms with Crippen molar-refractivity contribution >= 4 is 88.3 Å². The molecular formula is C96H115F8N9O17S3. The van der Waals surface area contributed by atoms with Gasteiger partial charge in [-0.05, 0) is 195 Å². The number of hydrogen-bond acceptors (Lipinski definition) is 17. The third-order valence-electron chi connectivity index (χ3n) is 19.4. The molecule has 0 fully saturated rings. The predicted molar refractivity (Wildman–Crippen MR) is 489 cm³/mol. The van der Waals surface area contributed by atoms with E-state index in [4.69, 9.17) is 18.9 Å². The van der Waals surface area contributed by atoms with Crippen LogP contribution in [0.1, 0.15) is 174 Å². The number of halogens is 8. The van der Waals surface area contributed by atoms with E-state index in [-0.39, 0.29) is 115 Å². The number of thiophene rings is 3. The summed E-state index contributed by atoms with van der Waals surface area (Å²) in [4.78, 5) is 126. The van der Waals surface area contributed by atoms with E-state index in [1.165, 1.54) is 106 Å². The van der Waals surface area contributed by atoms with Gasteiger partial charge in [-0.2, -0.15) is 22.0 Å². The van der Waals surface area contributed by atoms with Crippen molar-refractivity contribution < 1.29 is 117 Å². The maximum Gasteiger partial charge on any atom is 0.573 e. The molecule has 0 aliphatic carbocycles. The number of nitrogens with zero attached hydrogens (tertiary/aromatic N) is 6. The maximum absolute atomic E-state index is 14.1.